The maximum Gasteiger partial charge on any atom is 0.168 e. The molecule has 1 aromatic carbocycles. The number of aldehydes is 1. The Morgan fingerprint density at radius 3 is 2.53 bits per heavy atom. The molecule has 3 heteroatoms. The summed E-state index contributed by atoms with van der Waals surface area (Å²) in [5, 5.41) is 0. The molecule has 0 fully saturated rings. The van der Waals surface area contributed by atoms with Gasteiger partial charge >= 0.3 is 0 Å². The van der Waals surface area contributed by atoms with E-state index in [-0.39, 0.29) is 0 Å². The van der Waals surface area contributed by atoms with E-state index in [2.05, 4.69) is 4.98 Å². The largest absolute Gasteiger partial charge is 0.329 e. The lowest BCUT2D eigenvalue weighted by molar-refractivity contribution is 0.111. The van der Waals surface area contributed by atoms with Crippen molar-refractivity contribution in [2.24, 2.45) is 7.05 Å². The minimum absolute atomic E-state index is 0.624. The molecule has 0 saturated carbocycles. The highest BCUT2D eigenvalue weighted by Gasteiger charge is 2.12. The Hall–Kier alpha value is -1.90. The fourth-order valence-electron chi connectivity index (χ4n) is 1.57. The summed E-state index contributed by atoms with van der Waals surface area (Å²) in [5.74, 6) is 0.843. The molecule has 0 saturated heterocycles. The summed E-state index contributed by atoms with van der Waals surface area (Å²) >= 11 is 0. The minimum atomic E-state index is 0.624. The summed E-state index contributed by atoms with van der Waals surface area (Å²) in [7, 11) is 1.85. The van der Waals surface area contributed by atoms with Gasteiger partial charge in [0, 0.05) is 12.6 Å². The fourth-order valence-corrected chi connectivity index (χ4v) is 1.57. The van der Waals surface area contributed by atoms with Crippen LogP contribution in [0.5, 0.6) is 0 Å². The summed E-state index contributed by atoms with van der Waals surface area (Å²) in [6.07, 6.45) is 0.850. The number of carbonyl (C=O) groups excluding carboxylic acids is 1. The van der Waals surface area contributed by atoms with E-state index >= 15 is 0 Å². The highest BCUT2D eigenvalue weighted by Crippen LogP contribution is 2.21. The lowest BCUT2D eigenvalue weighted by atomic mass is 10.1. The Labute approximate surface area is 88.4 Å². The van der Waals surface area contributed by atoms with Gasteiger partial charge < -0.3 is 4.57 Å². The van der Waals surface area contributed by atoms with Crippen LogP contribution in [-0.4, -0.2) is 15.8 Å². The van der Waals surface area contributed by atoms with Crippen molar-refractivity contribution in [1.29, 1.82) is 0 Å². The molecule has 1 heterocycles. The summed E-state index contributed by atoms with van der Waals surface area (Å²) in [6.45, 7) is 1.89. The smallest absolute Gasteiger partial charge is 0.168 e. The predicted octanol–water partition coefficient (Wildman–Crippen LogP) is 2.21. The molecule has 3 nitrogen and oxygen atoms in total. The first-order valence-electron chi connectivity index (χ1n) is 4.78. The molecule has 2 aromatic rings. The second kappa shape index (κ2) is 3.69. The monoisotopic (exact) mass is 200 g/mol. The van der Waals surface area contributed by atoms with Crippen molar-refractivity contribution in [2.45, 2.75) is 6.92 Å². The zero-order chi connectivity index (χ0) is 10.8. The van der Waals surface area contributed by atoms with Gasteiger partial charge in [0.05, 0.1) is 5.69 Å². The topological polar surface area (TPSA) is 34.9 Å². The Morgan fingerprint density at radius 2 is 1.93 bits per heavy atom. The van der Waals surface area contributed by atoms with Crippen LogP contribution in [0.15, 0.2) is 30.3 Å². The third-order valence-corrected chi connectivity index (χ3v) is 2.52. The van der Waals surface area contributed by atoms with Gasteiger partial charge in [0.15, 0.2) is 6.29 Å². The normalized spacial score (nSPS) is 10.3. The molecule has 0 aliphatic rings. The van der Waals surface area contributed by atoms with Gasteiger partial charge in [-0.15, -0.1) is 0 Å². The molecule has 0 radical (unpaired) electrons. The van der Waals surface area contributed by atoms with E-state index in [0.717, 1.165) is 23.4 Å². The van der Waals surface area contributed by atoms with Crippen molar-refractivity contribution in [3.63, 3.8) is 0 Å². The van der Waals surface area contributed by atoms with Crippen molar-refractivity contribution in [1.82, 2.24) is 9.55 Å². The molecule has 0 amide bonds. The average molecular weight is 200 g/mol. The van der Waals surface area contributed by atoms with E-state index in [1.807, 2.05) is 44.3 Å². The first kappa shape index (κ1) is 9.65. The van der Waals surface area contributed by atoms with Crippen LogP contribution in [-0.2, 0) is 7.05 Å². The summed E-state index contributed by atoms with van der Waals surface area (Å²) in [5.41, 5.74) is 2.35. The van der Waals surface area contributed by atoms with Crippen LogP contribution in [0.25, 0.3) is 11.3 Å². The first-order chi connectivity index (χ1) is 7.24. The second-order valence-electron chi connectivity index (χ2n) is 3.44. The van der Waals surface area contributed by atoms with Crippen molar-refractivity contribution in [3.05, 3.63) is 41.9 Å². The van der Waals surface area contributed by atoms with Gasteiger partial charge in [0.2, 0.25) is 0 Å². The number of hydrogen-bond donors (Lipinski definition) is 0. The third kappa shape index (κ3) is 1.56. The van der Waals surface area contributed by atoms with Crippen molar-refractivity contribution in [2.75, 3.05) is 0 Å². The van der Waals surface area contributed by atoms with E-state index < -0.39 is 0 Å². The van der Waals surface area contributed by atoms with E-state index in [4.69, 9.17) is 0 Å². The Morgan fingerprint density at radius 1 is 1.27 bits per heavy atom. The van der Waals surface area contributed by atoms with Crippen LogP contribution in [0.1, 0.15) is 16.3 Å². The number of carbonyl (C=O) groups is 1. The van der Waals surface area contributed by atoms with Gasteiger partial charge in [-0.25, -0.2) is 4.98 Å². The van der Waals surface area contributed by atoms with Gasteiger partial charge in [0.25, 0.3) is 0 Å². The number of imidazole rings is 1. The number of nitrogens with zero attached hydrogens (tertiary/aromatic N) is 2. The van der Waals surface area contributed by atoms with Gasteiger partial charge in [0.1, 0.15) is 11.5 Å². The molecule has 0 bridgehead atoms. The summed E-state index contributed by atoms with van der Waals surface area (Å²) in [4.78, 5) is 15.4. The lowest BCUT2D eigenvalue weighted by Crippen LogP contribution is -1.97. The number of hydrogen-bond acceptors (Lipinski definition) is 2. The molecule has 0 N–H and O–H groups in total. The van der Waals surface area contributed by atoms with Crippen LogP contribution in [0.3, 0.4) is 0 Å². The van der Waals surface area contributed by atoms with Crippen LogP contribution in [0.4, 0.5) is 0 Å². The van der Waals surface area contributed by atoms with Gasteiger partial charge in [-0.2, -0.15) is 0 Å². The van der Waals surface area contributed by atoms with Crippen LogP contribution >= 0.6 is 0 Å². The number of aromatic nitrogens is 2. The van der Waals surface area contributed by atoms with Gasteiger partial charge in [-0.3, -0.25) is 4.79 Å². The van der Waals surface area contributed by atoms with Crippen LogP contribution < -0.4 is 0 Å². The molecule has 0 aliphatic heterocycles. The van der Waals surface area contributed by atoms with Crippen molar-refractivity contribution in [3.8, 4) is 11.3 Å². The molecule has 0 aliphatic carbocycles. The Kier molecular flexibility index (Phi) is 2.37. The fraction of sp³-hybridized carbons (Fsp3) is 0.167. The summed E-state index contributed by atoms with van der Waals surface area (Å²) < 4.78 is 1.80. The molecule has 2 rings (SSSR count). The lowest BCUT2D eigenvalue weighted by Gasteiger charge is -1.98. The quantitative estimate of drug-likeness (QED) is 0.696. The number of aryl methyl sites for hydroxylation is 1. The van der Waals surface area contributed by atoms with E-state index in [0.29, 0.717) is 5.69 Å². The standard InChI is InChI=1S/C12H12N2O/c1-9-13-12(11(8-15)14(9)2)10-6-4-3-5-7-10/h3-8H,1-2H3. The summed E-state index contributed by atoms with van der Waals surface area (Å²) in [6, 6.07) is 9.73. The van der Waals surface area contributed by atoms with Crippen LogP contribution in [0, 0.1) is 6.92 Å². The van der Waals surface area contributed by atoms with Crippen LogP contribution in [0.2, 0.25) is 0 Å². The highest BCUT2D eigenvalue weighted by atomic mass is 16.1. The van der Waals surface area contributed by atoms with Gasteiger partial charge in [-0.1, -0.05) is 30.3 Å². The maximum absolute atomic E-state index is 11.0. The van der Waals surface area contributed by atoms with Crippen molar-refractivity contribution >= 4 is 6.29 Å². The Balaban J connectivity index is 2.63. The Bertz CT molecular complexity index is 486. The molecular weight excluding hydrogens is 188 g/mol. The van der Waals surface area contributed by atoms with E-state index in [9.17, 15) is 4.79 Å². The minimum Gasteiger partial charge on any atom is -0.329 e. The third-order valence-electron chi connectivity index (χ3n) is 2.52. The second-order valence-corrected chi connectivity index (χ2v) is 3.44. The average Bonchev–Trinajstić information content (AvgIpc) is 2.56. The molecule has 0 spiro atoms. The number of rotatable bonds is 2. The predicted molar refractivity (Wildman–Crippen MR) is 58.8 cm³/mol. The molecule has 15 heavy (non-hydrogen) atoms. The zero-order valence-corrected chi connectivity index (χ0v) is 8.77. The van der Waals surface area contributed by atoms with E-state index in [1.165, 1.54) is 0 Å². The molecule has 76 valence electrons. The SMILES string of the molecule is Cc1nc(-c2ccccc2)c(C=O)n1C. The van der Waals surface area contributed by atoms with Gasteiger partial charge in [-0.05, 0) is 6.92 Å². The molecule has 0 atom stereocenters. The highest BCUT2D eigenvalue weighted by molar-refractivity contribution is 5.84. The zero-order valence-electron chi connectivity index (χ0n) is 8.77. The maximum atomic E-state index is 11.0. The molecular formula is C12H12N2O. The van der Waals surface area contributed by atoms with Crippen molar-refractivity contribution < 1.29 is 4.79 Å². The molecule has 1 aromatic heterocycles. The first-order valence-corrected chi connectivity index (χ1v) is 4.78. The number of benzene rings is 1. The van der Waals surface area contributed by atoms with E-state index in [1.54, 1.807) is 4.57 Å². The molecule has 0 unspecified atom stereocenters.